The molecular formula is C16H13Cl2N. The Morgan fingerprint density at radius 2 is 1.95 bits per heavy atom. The Balaban J connectivity index is 1.94. The largest absolute Gasteiger partial charge is 0.384 e. The molecule has 0 bridgehead atoms. The molecule has 2 unspecified atom stereocenters. The van der Waals surface area contributed by atoms with E-state index in [9.17, 15) is 0 Å². The lowest BCUT2D eigenvalue weighted by atomic mass is 9.82. The summed E-state index contributed by atoms with van der Waals surface area (Å²) in [6, 6.07) is 12.5. The summed E-state index contributed by atoms with van der Waals surface area (Å²) in [7, 11) is 0. The van der Waals surface area contributed by atoms with E-state index in [-0.39, 0.29) is 0 Å². The molecule has 1 aliphatic heterocycles. The van der Waals surface area contributed by atoms with Crippen LogP contribution in [0.5, 0.6) is 0 Å². The first-order valence-corrected chi connectivity index (χ1v) is 7.30. The van der Waals surface area contributed by atoms with E-state index in [2.05, 4.69) is 29.6 Å². The van der Waals surface area contributed by atoms with Crippen LogP contribution in [0.25, 0.3) is 0 Å². The maximum Gasteiger partial charge on any atom is 0.0479 e. The van der Waals surface area contributed by atoms with Gasteiger partial charge in [-0.05, 0) is 35.6 Å². The maximum atomic E-state index is 6.46. The van der Waals surface area contributed by atoms with Crippen molar-refractivity contribution in [2.45, 2.75) is 12.3 Å². The first-order chi connectivity index (χ1) is 9.24. The smallest absolute Gasteiger partial charge is 0.0479 e. The van der Waals surface area contributed by atoms with Crippen molar-refractivity contribution < 1.29 is 0 Å². The van der Waals surface area contributed by atoms with Crippen molar-refractivity contribution in [3.8, 4) is 0 Å². The Morgan fingerprint density at radius 1 is 1.11 bits per heavy atom. The fraction of sp³-hybridized carbons (Fsp3) is 0.250. The van der Waals surface area contributed by atoms with E-state index in [1.54, 1.807) is 0 Å². The molecule has 0 saturated carbocycles. The molecule has 2 aromatic rings. The Labute approximate surface area is 122 Å². The zero-order valence-corrected chi connectivity index (χ0v) is 11.8. The first-order valence-electron chi connectivity index (χ1n) is 6.54. The van der Waals surface area contributed by atoms with E-state index in [1.807, 2.05) is 12.1 Å². The van der Waals surface area contributed by atoms with Crippen molar-refractivity contribution >= 4 is 28.9 Å². The Bertz CT molecular complexity index is 666. The lowest BCUT2D eigenvalue weighted by Crippen LogP contribution is -2.26. The topological polar surface area (TPSA) is 12.0 Å². The minimum absolute atomic E-state index is 0.414. The van der Waals surface area contributed by atoms with Crippen LogP contribution in [0.3, 0.4) is 0 Å². The number of benzene rings is 2. The van der Waals surface area contributed by atoms with Crippen LogP contribution in [0.1, 0.15) is 22.6 Å². The predicted molar refractivity (Wildman–Crippen MR) is 80.4 cm³/mol. The fourth-order valence-corrected chi connectivity index (χ4v) is 4.16. The van der Waals surface area contributed by atoms with Crippen LogP contribution in [0.2, 0.25) is 10.0 Å². The normalized spacial score (nSPS) is 23.3. The SMILES string of the molecule is Clc1cc(Cl)c2c(c1)NCC1Cc3ccccc3C21. The van der Waals surface area contributed by atoms with Crippen molar-refractivity contribution in [1.29, 1.82) is 0 Å². The van der Waals surface area contributed by atoms with E-state index >= 15 is 0 Å². The van der Waals surface area contributed by atoms with Gasteiger partial charge in [0, 0.05) is 33.8 Å². The Hall–Kier alpha value is -1.18. The third-order valence-corrected chi connectivity index (χ3v) is 4.83. The van der Waals surface area contributed by atoms with Crippen LogP contribution in [0, 0.1) is 5.92 Å². The second-order valence-electron chi connectivity index (χ2n) is 5.37. The molecule has 0 spiro atoms. The summed E-state index contributed by atoms with van der Waals surface area (Å²) in [6.07, 6.45) is 1.13. The predicted octanol–water partition coefficient (Wildman–Crippen LogP) is 4.72. The summed E-state index contributed by atoms with van der Waals surface area (Å²) in [6.45, 7) is 0.989. The number of anilines is 1. The molecule has 1 heterocycles. The quantitative estimate of drug-likeness (QED) is 0.740. The molecule has 0 aromatic heterocycles. The van der Waals surface area contributed by atoms with Crippen LogP contribution < -0.4 is 5.32 Å². The molecule has 2 atom stereocenters. The highest BCUT2D eigenvalue weighted by molar-refractivity contribution is 6.35. The fourth-order valence-electron chi connectivity index (χ4n) is 3.55. The molecule has 0 amide bonds. The third-order valence-electron chi connectivity index (χ3n) is 4.30. The van der Waals surface area contributed by atoms with Gasteiger partial charge < -0.3 is 5.32 Å². The highest BCUT2D eigenvalue weighted by atomic mass is 35.5. The molecule has 1 nitrogen and oxygen atoms in total. The molecule has 19 heavy (non-hydrogen) atoms. The molecular weight excluding hydrogens is 277 g/mol. The molecule has 4 rings (SSSR count). The van der Waals surface area contributed by atoms with Crippen LogP contribution in [0.15, 0.2) is 36.4 Å². The van der Waals surface area contributed by atoms with Gasteiger partial charge in [0.15, 0.2) is 0 Å². The van der Waals surface area contributed by atoms with Crippen LogP contribution in [-0.4, -0.2) is 6.54 Å². The van der Waals surface area contributed by atoms with Gasteiger partial charge in [0.25, 0.3) is 0 Å². The number of nitrogens with one attached hydrogen (secondary N) is 1. The van der Waals surface area contributed by atoms with Crippen LogP contribution in [0.4, 0.5) is 5.69 Å². The minimum Gasteiger partial charge on any atom is -0.384 e. The van der Waals surface area contributed by atoms with Crippen molar-refractivity contribution in [3.63, 3.8) is 0 Å². The molecule has 2 aliphatic rings. The van der Waals surface area contributed by atoms with E-state index in [4.69, 9.17) is 23.2 Å². The molecule has 96 valence electrons. The standard InChI is InChI=1S/C16H13Cl2N/c17-11-6-13(18)16-14(7-11)19-8-10-5-9-3-1-2-4-12(9)15(10)16/h1-4,6-7,10,15,19H,5,8H2. The van der Waals surface area contributed by atoms with Crippen LogP contribution >= 0.6 is 23.2 Å². The Morgan fingerprint density at radius 3 is 2.84 bits per heavy atom. The molecule has 1 aliphatic carbocycles. The molecule has 0 radical (unpaired) electrons. The van der Waals surface area contributed by atoms with Gasteiger partial charge >= 0.3 is 0 Å². The van der Waals surface area contributed by atoms with E-state index in [0.717, 1.165) is 23.7 Å². The lowest BCUT2D eigenvalue weighted by molar-refractivity contribution is 0.516. The zero-order chi connectivity index (χ0) is 13.0. The number of hydrogen-bond acceptors (Lipinski definition) is 1. The molecule has 0 saturated heterocycles. The Kier molecular flexibility index (Phi) is 2.54. The van der Waals surface area contributed by atoms with Gasteiger partial charge in [0.1, 0.15) is 0 Å². The van der Waals surface area contributed by atoms with Gasteiger partial charge in [-0.25, -0.2) is 0 Å². The summed E-state index contributed by atoms with van der Waals surface area (Å²) in [5.74, 6) is 1.01. The van der Waals surface area contributed by atoms with Gasteiger partial charge in [0.05, 0.1) is 0 Å². The number of hydrogen-bond donors (Lipinski definition) is 1. The van der Waals surface area contributed by atoms with Gasteiger partial charge in [-0.2, -0.15) is 0 Å². The molecule has 1 N–H and O–H groups in total. The van der Waals surface area contributed by atoms with E-state index in [0.29, 0.717) is 16.9 Å². The maximum absolute atomic E-state index is 6.46. The van der Waals surface area contributed by atoms with Crippen molar-refractivity contribution in [2.24, 2.45) is 5.92 Å². The second-order valence-corrected chi connectivity index (χ2v) is 6.21. The van der Waals surface area contributed by atoms with Crippen molar-refractivity contribution in [3.05, 3.63) is 63.1 Å². The second kappa shape index (κ2) is 4.16. The van der Waals surface area contributed by atoms with Gasteiger partial charge in [-0.3, -0.25) is 0 Å². The molecule has 2 aromatic carbocycles. The first kappa shape index (κ1) is 11.6. The average Bonchev–Trinajstić information content (AvgIpc) is 2.76. The average molecular weight is 290 g/mol. The summed E-state index contributed by atoms with van der Waals surface area (Å²) < 4.78 is 0. The monoisotopic (exact) mass is 289 g/mol. The summed E-state index contributed by atoms with van der Waals surface area (Å²) in [4.78, 5) is 0. The van der Waals surface area contributed by atoms with Gasteiger partial charge in [-0.1, -0.05) is 47.5 Å². The highest BCUT2D eigenvalue weighted by Crippen LogP contribution is 2.50. The summed E-state index contributed by atoms with van der Waals surface area (Å²) in [5.41, 5.74) is 5.19. The lowest BCUT2D eigenvalue weighted by Gasteiger charge is -2.31. The number of rotatable bonds is 0. The van der Waals surface area contributed by atoms with Crippen molar-refractivity contribution in [2.75, 3.05) is 11.9 Å². The third kappa shape index (κ3) is 1.69. The van der Waals surface area contributed by atoms with E-state index < -0.39 is 0 Å². The molecule has 0 fully saturated rings. The number of fused-ring (bicyclic) bond motifs is 5. The van der Waals surface area contributed by atoms with Gasteiger partial charge in [-0.15, -0.1) is 0 Å². The van der Waals surface area contributed by atoms with Crippen molar-refractivity contribution in [1.82, 2.24) is 0 Å². The summed E-state index contributed by atoms with van der Waals surface area (Å²) in [5, 5.41) is 4.96. The number of halogens is 2. The summed E-state index contributed by atoms with van der Waals surface area (Å²) >= 11 is 12.6. The van der Waals surface area contributed by atoms with Gasteiger partial charge in [0.2, 0.25) is 0 Å². The minimum atomic E-state index is 0.414. The molecule has 3 heteroatoms. The zero-order valence-electron chi connectivity index (χ0n) is 10.3. The highest BCUT2D eigenvalue weighted by Gasteiger charge is 2.38. The van der Waals surface area contributed by atoms with E-state index in [1.165, 1.54) is 16.7 Å². The van der Waals surface area contributed by atoms with Crippen LogP contribution in [-0.2, 0) is 6.42 Å².